The van der Waals surface area contributed by atoms with Gasteiger partial charge in [0.05, 0.1) is 36.2 Å². The highest BCUT2D eigenvalue weighted by molar-refractivity contribution is 7.91. The van der Waals surface area contributed by atoms with E-state index in [1.807, 2.05) is 0 Å². The lowest BCUT2D eigenvalue weighted by Gasteiger charge is -2.05. The number of hydrogen-bond donors (Lipinski definition) is 0. The molecule has 0 aliphatic heterocycles. The van der Waals surface area contributed by atoms with Gasteiger partial charge in [-0.2, -0.15) is 0 Å². The Kier molecular flexibility index (Phi) is 8.95. The molecule has 0 aliphatic carbocycles. The topological polar surface area (TPSA) is 77.5 Å². The summed E-state index contributed by atoms with van der Waals surface area (Å²) in [7, 11) is -6.27. The molecule has 0 unspecified atom stereocenters. The van der Waals surface area contributed by atoms with E-state index in [9.17, 15) is 16.8 Å². The van der Waals surface area contributed by atoms with Gasteiger partial charge in [-0.15, -0.1) is 13.2 Å². The maximum absolute atomic E-state index is 11.4. The molecule has 0 rings (SSSR count). The van der Waals surface area contributed by atoms with Gasteiger partial charge in [0.25, 0.3) is 0 Å². The fraction of sp³-hybridized carbons (Fsp3) is 0.667. The monoisotopic (exact) mass is 310 g/mol. The Hall–Kier alpha value is -0.660. The van der Waals surface area contributed by atoms with Crippen LogP contribution in [-0.2, 0) is 24.4 Å². The molecule has 0 saturated carbocycles. The Bertz CT molecular complexity index is 418. The van der Waals surface area contributed by atoms with Gasteiger partial charge in [-0.25, -0.2) is 16.8 Å². The van der Waals surface area contributed by atoms with E-state index >= 15 is 0 Å². The highest BCUT2D eigenvalue weighted by Crippen LogP contribution is 1.97. The van der Waals surface area contributed by atoms with Crippen molar-refractivity contribution in [1.29, 1.82) is 0 Å². The Labute approximate surface area is 116 Å². The summed E-state index contributed by atoms with van der Waals surface area (Å²) < 4.78 is 50.8. The van der Waals surface area contributed by atoms with Gasteiger partial charge in [0.1, 0.15) is 0 Å². The van der Waals surface area contributed by atoms with Crippen LogP contribution in [0.4, 0.5) is 0 Å². The second-order valence-corrected chi connectivity index (χ2v) is 8.68. The van der Waals surface area contributed by atoms with E-state index in [2.05, 4.69) is 13.2 Å². The van der Waals surface area contributed by atoms with Gasteiger partial charge >= 0.3 is 0 Å². The van der Waals surface area contributed by atoms with E-state index in [0.29, 0.717) is 12.8 Å². The van der Waals surface area contributed by atoms with Crippen LogP contribution in [0.1, 0.15) is 12.8 Å². The zero-order valence-corrected chi connectivity index (χ0v) is 12.7. The van der Waals surface area contributed by atoms with Gasteiger partial charge < -0.3 is 4.74 Å². The van der Waals surface area contributed by atoms with Crippen LogP contribution in [0.3, 0.4) is 0 Å². The predicted molar refractivity (Wildman–Crippen MR) is 77.8 cm³/mol. The largest absolute Gasteiger partial charge is 0.379 e. The number of rotatable bonds is 12. The first kappa shape index (κ1) is 18.3. The minimum absolute atomic E-state index is 0.0243. The maximum atomic E-state index is 11.4. The van der Waals surface area contributed by atoms with Crippen molar-refractivity contribution in [2.75, 3.05) is 36.2 Å². The lowest BCUT2D eigenvalue weighted by Crippen LogP contribution is -2.19. The zero-order valence-electron chi connectivity index (χ0n) is 11.1. The second kappa shape index (κ2) is 9.28. The van der Waals surface area contributed by atoms with Crippen molar-refractivity contribution in [2.45, 2.75) is 12.8 Å². The van der Waals surface area contributed by atoms with E-state index in [0.717, 1.165) is 0 Å². The van der Waals surface area contributed by atoms with Crippen molar-refractivity contribution in [2.24, 2.45) is 0 Å². The number of allylic oxidation sites excluding steroid dienone is 2. The first-order chi connectivity index (χ1) is 8.83. The molecular weight excluding hydrogens is 288 g/mol. The van der Waals surface area contributed by atoms with E-state index in [1.165, 1.54) is 0 Å². The molecule has 0 radical (unpaired) electrons. The van der Waals surface area contributed by atoms with Gasteiger partial charge in [0.15, 0.2) is 19.7 Å². The Morgan fingerprint density at radius 2 is 1.11 bits per heavy atom. The molecule has 0 fully saturated rings. The Balaban J connectivity index is 3.81. The lowest BCUT2D eigenvalue weighted by molar-refractivity contribution is 0.165. The molecule has 0 N–H and O–H groups in total. The normalized spacial score (nSPS) is 12.2. The molecule has 0 atom stereocenters. The first-order valence-electron chi connectivity index (χ1n) is 6.03. The van der Waals surface area contributed by atoms with Crippen LogP contribution in [-0.4, -0.2) is 53.1 Å². The molecular formula is C12H22O5S2. The molecule has 19 heavy (non-hydrogen) atoms. The molecule has 0 amide bonds. The van der Waals surface area contributed by atoms with E-state index < -0.39 is 19.7 Å². The van der Waals surface area contributed by atoms with E-state index in [1.54, 1.807) is 12.2 Å². The smallest absolute Gasteiger partial charge is 0.152 e. The fourth-order valence-corrected chi connectivity index (χ4v) is 3.41. The Morgan fingerprint density at radius 1 is 0.737 bits per heavy atom. The van der Waals surface area contributed by atoms with Crippen LogP contribution in [0.2, 0.25) is 0 Å². The summed E-state index contributed by atoms with van der Waals surface area (Å²) in [6.45, 7) is 6.96. The van der Waals surface area contributed by atoms with E-state index in [-0.39, 0.29) is 36.2 Å². The minimum atomic E-state index is -3.13. The van der Waals surface area contributed by atoms with Crippen molar-refractivity contribution < 1.29 is 21.6 Å². The minimum Gasteiger partial charge on any atom is -0.379 e. The quantitative estimate of drug-likeness (QED) is 0.397. The molecule has 0 saturated heterocycles. The fourth-order valence-electron chi connectivity index (χ4n) is 1.20. The molecule has 5 nitrogen and oxygen atoms in total. The molecule has 7 heteroatoms. The highest BCUT2D eigenvalue weighted by atomic mass is 32.2. The van der Waals surface area contributed by atoms with Gasteiger partial charge in [0.2, 0.25) is 0 Å². The van der Waals surface area contributed by atoms with Gasteiger partial charge in [-0.3, -0.25) is 0 Å². The SMILES string of the molecule is C=CCCS(=O)(=O)CCOCCS(=O)(=O)CCC=C. The van der Waals surface area contributed by atoms with Gasteiger partial charge in [-0.05, 0) is 12.8 Å². The number of sulfone groups is 2. The van der Waals surface area contributed by atoms with Gasteiger partial charge in [0, 0.05) is 0 Å². The molecule has 0 aliphatic rings. The molecule has 0 bridgehead atoms. The van der Waals surface area contributed by atoms with Crippen molar-refractivity contribution in [3.8, 4) is 0 Å². The maximum Gasteiger partial charge on any atom is 0.152 e. The van der Waals surface area contributed by atoms with E-state index in [4.69, 9.17) is 4.74 Å². The summed E-state index contributed by atoms with van der Waals surface area (Å²) >= 11 is 0. The second-order valence-electron chi connectivity index (χ2n) is 4.07. The van der Waals surface area contributed by atoms with Crippen LogP contribution in [0.15, 0.2) is 25.3 Å². The van der Waals surface area contributed by atoms with Gasteiger partial charge in [-0.1, -0.05) is 12.2 Å². The van der Waals surface area contributed by atoms with Crippen LogP contribution >= 0.6 is 0 Å². The molecule has 0 aromatic carbocycles. The predicted octanol–water partition coefficient (Wildman–Crippen LogP) is 0.985. The van der Waals surface area contributed by atoms with Crippen molar-refractivity contribution >= 4 is 19.7 Å². The van der Waals surface area contributed by atoms with Crippen LogP contribution in [0.5, 0.6) is 0 Å². The first-order valence-corrected chi connectivity index (χ1v) is 9.67. The summed E-state index contributed by atoms with van der Waals surface area (Å²) in [4.78, 5) is 0. The third kappa shape index (κ3) is 10.9. The molecule has 0 aromatic rings. The average Bonchev–Trinajstić information content (AvgIpc) is 2.33. The summed E-state index contributed by atoms with van der Waals surface area (Å²) in [5.41, 5.74) is 0. The van der Waals surface area contributed by atoms with Crippen LogP contribution < -0.4 is 0 Å². The van der Waals surface area contributed by atoms with Crippen molar-refractivity contribution in [1.82, 2.24) is 0 Å². The highest BCUT2D eigenvalue weighted by Gasteiger charge is 2.11. The summed E-state index contributed by atoms with van der Waals surface area (Å²) in [5, 5.41) is 0. The van der Waals surface area contributed by atoms with Crippen molar-refractivity contribution in [3.63, 3.8) is 0 Å². The number of hydrogen-bond acceptors (Lipinski definition) is 5. The van der Waals surface area contributed by atoms with Crippen molar-refractivity contribution in [3.05, 3.63) is 25.3 Å². The lowest BCUT2D eigenvalue weighted by atomic mass is 10.5. The molecule has 0 spiro atoms. The van der Waals surface area contributed by atoms with Crippen LogP contribution in [0, 0.1) is 0 Å². The number of ether oxygens (including phenoxy) is 1. The average molecular weight is 310 g/mol. The molecule has 112 valence electrons. The summed E-state index contributed by atoms with van der Waals surface area (Å²) in [5.74, 6) is -0.0733. The molecule has 0 aromatic heterocycles. The van der Waals surface area contributed by atoms with Crippen LogP contribution in [0.25, 0.3) is 0 Å². The summed E-state index contributed by atoms with van der Waals surface area (Å²) in [6.07, 6.45) is 3.92. The molecule has 0 heterocycles. The zero-order chi connectivity index (χ0) is 14.8. The standard InChI is InChI=1S/C12H22O5S2/c1-3-5-9-18(13,14)11-7-17-8-12-19(15,16)10-6-4-2/h3-4H,1-2,5-12H2. The summed E-state index contributed by atoms with van der Waals surface area (Å²) in [6, 6.07) is 0. The third-order valence-electron chi connectivity index (χ3n) is 2.34. The Morgan fingerprint density at radius 3 is 1.42 bits per heavy atom. The third-order valence-corrected chi connectivity index (χ3v) is 5.64.